The Balaban J connectivity index is 2.30. The monoisotopic (exact) mass is 211 g/mol. The minimum atomic E-state index is -0.925. The van der Waals surface area contributed by atoms with E-state index in [9.17, 15) is 4.79 Å². The first-order valence-electron chi connectivity index (χ1n) is 4.50. The fourth-order valence-corrected chi connectivity index (χ4v) is 0.886. The molecule has 0 aliphatic rings. The molecule has 0 aromatic carbocycles. The summed E-state index contributed by atoms with van der Waals surface area (Å²) in [5, 5.41) is 19.9. The second-order valence-corrected chi connectivity index (χ2v) is 2.93. The highest BCUT2D eigenvalue weighted by atomic mass is 16.3. The van der Waals surface area contributed by atoms with Crippen LogP contribution in [0.1, 0.15) is 5.76 Å². The second-order valence-electron chi connectivity index (χ2n) is 2.93. The number of carbonyl (C=O) groups excluding carboxylic acids is 1. The number of furan rings is 1. The van der Waals surface area contributed by atoms with Crippen LogP contribution in [0.4, 0.5) is 0 Å². The molecule has 1 aromatic rings. The van der Waals surface area contributed by atoms with E-state index in [-0.39, 0.29) is 19.1 Å². The van der Waals surface area contributed by atoms with Gasteiger partial charge in [-0.25, -0.2) is 0 Å². The Morgan fingerprint density at radius 1 is 1.67 bits per heavy atom. The van der Waals surface area contributed by atoms with Gasteiger partial charge < -0.3 is 19.9 Å². The molecular formula is C10H13NO4. The van der Waals surface area contributed by atoms with E-state index in [4.69, 9.17) is 14.6 Å². The molecule has 15 heavy (non-hydrogen) atoms. The van der Waals surface area contributed by atoms with E-state index in [0.29, 0.717) is 5.76 Å². The maximum absolute atomic E-state index is 11.1. The summed E-state index contributed by atoms with van der Waals surface area (Å²) in [4.78, 5) is 11.1. The van der Waals surface area contributed by atoms with Crippen LogP contribution < -0.4 is 5.32 Å². The summed E-state index contributed by atoms with van der Waals surface area (Å²) in [6, 6.07) is 3.43. The van der Waals surface area contributed by atoms with Crippen LogP contribution in [0, 0.1) is 0 Å². The molecular weight excluding hydrogens is 198 g/mol. The maximum atomic E-state index is 11.1. The number of carbonyl (C=O) groups is 1. The molecule has 0 spiro atoms. The zero-order valence-corrected chi connectivity index (χ0v) is 8.09. The van der Waals surface area contributed by atoms with Crippen LogP contribution in [0.5, 0.6) is 0 Å². The molecule has 1 atom stereocenters. The van der Waals surface area contributed by atoms with Gasteiger partial charge in [0.05, 0.1) is 19.0 Å². The lowest BCUT2D eigenvalue weighted by molar-refractivity contribution is -0.117. The van der Waals surface area contributed by atoms with Crippen molar-refractivity contribution in [3.63, 3.8) is 0 Å². The van der Waals surface area contributed by atoms with Gasteiger partial charge in [-0.2, -0.15) is 0 Å². The summed E-state index contributed by atoms with van der Waals surface area (Å²) in [5.41, 5.74) is 0. The van der Waals surface area contributed by atoms with E-state index in [1.807, 2.05) is 0 Å². The minimum Gasteiger partial charge on any atom is -0.465 e. The first-order chi connectivity index (χ1) is 7.22. The van der Waals surface area contributed by atoms with Gasteiger partial charge in [0, 0.05) is 12.6 Å². The Labute approximate surface area is 87.0 Å². The lowest BCUT2D eigenvalue weighted by Gasteiger charge is -2.06. The van der Waals surface area contributed by atoms with Gasteiger partial charge in [-0.3, -0.25) is 4.79 Å². The molecule has 0 aliphatic heterocycles. The van der Waals surface area contributed by atoms with Gasteiger partial charge in [0.2, 0.25) is 5.91 Å². The average molecular weight is 211 g/mol. The molecule has 5 nitrogen and oxygen atoms in total. The van der Waals surface area contributed by atoms with Gasteiger partial charge in [0.1, 0.15) is 5.76 Å². The normalized spacial score (nSPS) is 12.9. The molecule has 5 heteroatoms. The van der Waals surface area contributed by atoms with Crippen LogP contribution in [0.15, 0.2) is 28.9 Å². The molecule has 1 unspecified atom stereocenters. The van der Waals surface area contributed by atoms with Crippen LogP contribution in [-0.4, -0.2) is 35.4 Å². The van der Waals surface area contributed by atoms with Gasteiger partial charge in [0.25, 0.3) is 0 Å². The highest BCUT2D eigenvalue weighted by Crippen LogP contribution is 2.01. The molecule has 0 radical (unpaired) electrons. The highest BCUT2D eigenvalue weighted by Gasteiger charge is 2.02. The van der Waals surface area contributed by atoms with Gasteiger partial charge >= 0.3 is 0 Å². The Morgan fingerprint density at radius 3 is 3.07 bits per heavy atom. The minimum absolute atomic E-state index is 0.0256. The van der Waals surface area contributed by atoms with E-state index >= 15 is 0 Å². The summed E-state index contributed by atoms with van der Waals surface area (Å²) in [6.45, 7) is -0.347. The molecule has 0 saturated heterocycles. The Kier molecular flexibility index (Phi) is 4.59. The first-order valence-corrected chi connectivity index (χ1v) is 4.50. The largest absolute Gasteiger partial charge is 0.465 e. The van der Waals surface area contributed by atoms with Crippen molar-refractivity contribution < 1.29 is 19.4 Å². The van der Waals surface area contributed by atoms with E-state index in [1.165, 1.54) is 18.4 Å². The third-order valence-corrected chi connectivity index (χ3v) is 1.66. The van der Waals surface area contributed by atoms with Crippen LogP contribution in [0.3, 0.4) is 0 Å². The van der Waals surface area contributed by atoms with Crippen LogP contribution in [0.25, 0.3) is 6.08 Å². The predicted octanol–water partition coefficient (Wildman–Crippen LogP) is -0.238. The second kappa shape index (κ2) is 6.00. The zero-order chi connectivity index (χ0) is 11.1. The van der Waals surface area contributed by atoms with Gasteiger partial charge in [-0.05, 0) is 18.2 Å². The number of hydrogen-bond acceptors (Lipinski definition) is 4. The number of amides is 1. The molecule has 82 valence electrons. The molecule has 1 rings (SSSR count). The zero-order valence-electron chi connectivity index (χ0n) is 8.09. The maximum Gasteiger partial charge on any atom is 0.244 e. The fraction of sp³-hybridized carbons (Fsp3) is 0.300. The van der Waals surface area contributed by atoms with Gasteiger partial charge in [0.15, 0.2) is 0 Å². The molecule has 1 amide bonds. The van der Waals surface area contributed by atoms with Crippen molar-refractivity contribution in [2.45, 2.75) is 6.10 Å². The van der Waals surface area contributed by atoms with Crippen LogP contribution in [0.2, 0.25) is 0 Å². The first kappa shape index (κ1) is 11.5. The topological polar surface area (TPSA) is 82.7 Å². The lowest BCUT2D eigenvalue weighted by Crippen LogP contribution is -2.32. The standard InChI is InChI=1S/C10H13NO4/c12-7-8(13)6-11-10(14)4-3-9-2-1-5-15-9/h1-5,8,12-13H,6-7H2,(H,11,14). The number of aliphatic hydroxyl groups is 2. The van der Waals surface area contributed by atoms with Crippen molar-refractivity contribution in [2.24, 2.45) is 0 Å². The predicted molar refractivity (Wildman–Crippen MR) is 53.8 cm³/mol. The Bertz CT molecular complexity index is 318. The Hall–Kier alpha value is -1.59. The molecule has 3 N–H and O–H groups in total. The van der Waals surface area contributed by atoms with Crippen molar-refractivity contribution in [1.29, 1.82) is 0 Å². The number of rotatable bonds is 5. The van der Waals surface area contributed by atoms with E-state index in [2.05, 4.69) is 5.32 Å². The highest BCUT2D eigenvalue weighted by molar-refractivity contribution is 5.91. The summed E-state index contributed by atoms with van der Waals surface area (Å²) in [7, 11) is 0. The Morgan fingerprint density at radius 2 is 2.47 bits per heavy atom. The lowest BCUT2D eigenvalue weighted by atomic mass is 10.3. The number of nitrogens with one attached hydrogen (secondary N) is 1. The van der Waals surface area contributed by atoms with Gasteiger partial charge in [-0.15, -0.1) is 0 Å². The van der Waals surface area contributed by atoms with Crippen molar-refractivity contribution in [1.82, 2.24) is 5.32 Å². The van der Waals surface area contributed by atoms with Crippen molar-refractivity contribution >= 4 is 12.0 Å². The van der Waals surface area contributed by atoms with Gasteiger partial charge in [-0.1, -0.05) is 0 Å². The number of aliphatic hydroxyl groups excluding tert-OH is 2. The van der Waals surface area contributed by atoms with E-state index in [0.717, 1.165) is 0 Å². The van der Waals surface area contributed by atoms with Crippen LogP contribution >= 0.6 is 0 Å². The third kappa shape index (κ3) is 4.44. The molecule has 0 aliphatic carbocycles. The van der Waals surface area contributed by atoms with Crippen molar-refractivity contribution in [3.8, 4) is 0 Å². The smallest absolute Gasteiger partial charge is 0.244 e. The fourth-order valence-electron chi connectivity index (χ4n) is 0.886. The van der Waals surface area contributed by atoms with Crippen molar-refractivity contribution in [3.05, 3.63) is 30.2 Å². The third-order valence-electron chi connectivity index (χ3n) is 1.66. The number of hydrogen-bond donors (Lipinski definition) is 3. The summed E-state index contributed by atoms with van der Waals surface area (Å²) in [5.74, 6) is 0.228. The quantitative estimate of drug-likeness (QED) is 0.587. The van der Waals surface area contributed by atoms with Crippen LogP contribution in [-0.2, 0) is 4.79 Å². The summed E-state index contributed by atoms with van der Waals surface area (Å²) < 4.78 is 4.97. The SMILES string of the molecule is O=C(C=Cc1ccco1)NCC(O)CO. The molecule has 1 aromatic heterocycles. The molecule has 0 fully saturated rings. The molecule has 0 saturated carbocycles. The van der Waals surface area contributed by atoms with Crippen molar-refractivity contribution in [2.75, 3.05) is 13.2 Å². The average Bonchev–Trinajstić information content (AvgIpc) is 2.75. The molecule has 0 bridgehead atoms. The summed E-state index contributed by atoms with van der Waals surface area (Å²) in [6.07, 6.45) is 3.39. The van der Waals surface area contributed by atoms with E-state index in [1.54, 1.807) is 12.1 Å². The summed E-state index contributed by atoms with van der Waals surface area (Å²) >= 11 is 0. The molecule has 1 heterocycles. The van der Waals surface area contributed by atoms with E-state index < -0.39 is 6.10 Å².